The number of aryl methyl sites for hydroxylation is 1. The number of benzene rings is 1. The molecular weight excluding hydrogens is 217 g/mol. The summed E-state index contributed by atoms with van der Waals surface area (Å²) < 4.78 is 42.7. The van der Waals surface area contributed by atoms with E-state index in [9.17, 15) is 13.2 Å². The first-order valence-corrected chi connectivity index (χ1v) is 5.25. The summed E-state index contributed by atoms with van der Waals surface area (Å²) in [5, 5.41) is 0. The number of hydrogen-bond donors (Lipinski definition) is 0. The van der Waals surface area contributed by atoms with Gasteiger partial charge in [-0.2, -0.15) is 13.2 Å². The van der Waals surface area contributed by atoms with Crippen LogP contribution in [0.5, 0.6) is 5.75 Å². The van der Waals surface area contributed by atoms with E-state index in [-0.39, 0.29) is 0 Å². The third-order valence-corrected chi connectivity index (χ3v) is 2.14. The van der Waals surface area contributed by atoms with E-state index in [1.807, 2.05) is 6.92 Å². The Hall–Kier alpha value is -1.19. The zero-order chi connectivity index (χ0) is 12.2. The first-order valence-electron chi connectivity index (χ1n) is 5.25. The van der Waals surface area contributed by atoms with Crippen LogP contribution in [0.3, 0.4) is 0 Å². The summed E-state index contributed by atoms with van der Waals surface area (Å²) in [5.41, 5.74) is -0.0969. The zero-order valence-corrected chi connectivity index (χ0v) is 9.40. The van der Waals surface area contributed by atoms with Crippen LogP contribution in [0, 0.1) is 6.92 Å². The second-order valence-corrected chi connectivity index (χ2v) is 3.73. The molecular formula is C12H15F3O. The summed E-state index contributed by atoms with van der Waals surface area (Å²) in [6.07, 6.45) is -2.51. The predicted molar refractivity (Wildman–Crippen MR) is 56.6 cm³/mol. The summed E-state index contributed by atoms with van der Waals surface area (Å²) in [4.78, 5) is 0. The number of hydrogen-bond acceptors (Lipinski definition) is 1. The molecule has 0 unspecified atom stereocenters. The fraction of sp³-hybridized carbons (Fsp3) is 0.500. The Labute approximate surface area is 93.2 Å². The van der Waals surface area contributed by atoms with Crippen molar-refractivity contribution in [3.63, 3.8) is 0 Å². The van der Waals surface area contributed by atoms with Crippen molar-refractivity contribution in [3.05, 3.63) is 29.3 Å². The lowest BCUT2D eigenvalue weighted by atomic mass is 10.1. The van der Waals surface area contributed by atoms with Crippen molar-refractivity contribution in [2.24, 2.45) is 0 Å². The molecule has 1 aromatic carbocycles. The molecule has 0 fully saturated rings. The van der Waals surface area contributed by atoms with Crippen molar-refractivity contribution in [3.8, 4) is 5.75 Å². The van der Waals surface area contributed by atoms with E-state index in [4.69, 9.17) is 4.74 Å². The fourth-order valence-electron chi connectivity index (χ4n) is 1.33. The third-order valence-electron chi connectivity index (χ3n) is 2.14. The van der Waals surface area contributed by atoms with Crippen molar-refractivity contribution in [2.45, 2.75) is 32.9 Å². The molecule has 0 atom stereocenters. The molecule has 0 spiro atoms. The van der Waals surface area contributed by atoms with Crippen molar-refractivity contribution in [1.29, 1.82) is 0 Å². The molecule has 0 N–H and O–H groups in total. The zero-order valence-electron chi connectivity index (χ0n) is 9.40. The number of ether oxygens (including phenoxy) is 1. The highest BCUT2D eigenvalue weighted by atomic mass is 19.4. The fourth-order valence-corrected chi connectivity index (χ4v) is 1.33. The molecule has 0 aliphatic carbocycles. The van der Waals surface area contributed by atoms with Crippen molar-refractivity contribution in [2.75, 3.05) is 6.61 Å². The highest BCUT2D eigenvalue weighted by Crippen LogP contribution is 2.32. The van der Waals surface area contributed by atoms with Crippen molar-refractivity contribution >= 4 is 0 Å². The van der Waals surface area contributed by atoms with Crippen molar-refractivity contribution < 1.29 is 17.9 Å². The van der Waals surface area contributed by atoms with Gasteiger partial charge >= 0.3 is 6.18 Å². The number of alkyl halides is 3. The lowest BCUT2D eigenvalue weighted by Gasteiger charge is -2.11. The van der Waals surface area contributed by atoms with Gasteiger partial charge in [0.25, 0.3) is 0 Å². The van der Waals surface area contributed by atoms with Crippen LogP contribution in [0.4, 0.5) is 13.2 Å². The van der Waals surface area contributed by atoms with Crippen LogP contribution in [0.2, 0.25) is 0 Å². The molecule has 0 heterocycles. The largest absolute Gasteiger partial charge is 0.494 e. The smallest absolute Gasteiger partial charge is 0.416 e. The molecule has 0 aromatic heterocycles. The van der Waals surface area contributed by atoms with Crippen LogP contribution in [0.1, 0.15) is 30.9 Å². The molecule has 0 amide bonds. The molecule has 4 heteroatoms. The Kier molecular flexibility index (Phi) is 4.21. The maximum atomic E-state index is 12.5. The number of rotatable bonds is 4. The molecule has 0 aliphatic heterocycles. The van der Waals surface area contributed by atoms with Crippen molar-refractivity contribution in [1.82, 2.24) is 0 Å². The van der Waals surface area contributed by atoms with Gasteiger partial charge in [-0.1, -0.05) is 13.3 Å². The minimum atomic E-state index is -4.31. The Bertz CT molecular complexity index is 345. The first kappa shape index (κ1) is 12.9. The van der Waals surface area contributed by atoms with Gasteiger partial charge in [-0.3, -0.25) is 0 Å². The van der Waals surface area contributed by atoms with Crippen LogP contribution >= 0.6 is 0 Å². The van der Waals surface area contributed by atoms with E-state index in [1.54, 1.807) is 13.0 Å². The molecule has 0 saturated heterocycles. The quantitative estimate of drug-likeness (QED) is 0.707. The van der Waals surface area contributed by atoms with Crippen LogP contribution in [-0.2, 0) is 6.18 Å². The van der Waals surface area contributed by atoms with E-state index in [0.29, 0.717) is 17.9 Å². The molecule has 0 bridgehead atoms. The first-order chi connectivity index (χ1) is 7.43. The Morgan fingerprint density at radius 2 is 1.88 bits per heavy atom. The number of halogens is 3. The molecule has 1 aromatic rings. The molecule has 0 aliphatic rings. The van der Waals surface area contributed by atoms with Gasteiger partial charge in [-0.15, -0.1) is 0 Å². The topological polar surface area (TPSA) is 9.23 Å². The van der Waals surface area contributed by atoms with Crippen LogP contribution in [0.25, 0.3) is 0 Å². The standard InChI is InChI=1S/C12H15F3O/c1-3-4-5-16-11-7-9(2)6-10(8-11)12(13,14)15/h6-8H,3-5H2,1-2H3. The van der Waals surface area contributed by atoms with Crippen LogP contribution in [0.15, 0.2) is 18.2 Å². The van der Waals surface area contributed by atoms with Gasteiger partial charge in [0, 0.05) is 0 Å². The Morgan fingerprint density at radius 1 is 1.19 bits per heavy atom. The molecule has 90 valence electrons. The summed E-state index contributed by atoms with van der Waals surface area (Å²) >= 11 is 0. The predicted octanol–water partition coefficient (Wildman–Crippen LogP) is 4.19. The maximum Gasteiger partial charge on any atom is 0.416 e. The minimum absolute atomic E-state index is 0.292. The normalized spacial score (nSPS) is 11.6. The SMILES string of the molecule is CCCCOc1cc(C)cc(C(F)(F)F)c1. The molecule has 0 radical (unpaired) electrons. The molecule has 0 saturated carbocycles. The highest BCUT2D eigenvalue weighted by Gasteiger charge is 2.31. The molecule has 1 rings (SSSR count). The average molecular weight is 232 g/mol. The van der Waals surface area contributed by atoms with Gasteiger partial charge in [-0.05, 0) is 37.1 Å². The van der Waals surface area contributed by atoms with Crippen LogP contribution in [-0.4, -0.2) is 6.61 Å². The average Bonchev–Trinajstić information content (AvgIpc) is 2.16. The summed E-state index contributed by atoms with van der Waals surface area (Å²) in [7, 11) is 0. The van der Waals surface area contributed by atoms with Gasteiger partial charge in [0.1, 0.15) is 5.75 Å². The highest BCUT2D eigenvalue weighted by molar-refractivity contribution is 5.35. The van der Waals surface area contributed by atoms with Crippen LogP contribution < -0.4 is 4.74 Å². The van der Waals surface area contributed by atoms with Gasteiger partial charge < -0.3 is 4.74 Å². The molecule has 1 nitrogen and oxygen atoms in total. The van der Waals surface area contributed by atoms with Gasteiger partial charge in [0.05, 0.1) is 12.2 Å². The number of unbranched alkanes of at least 4 members (excludes halogenated alkanes) is 1. The van der Waals surface area contributed by atoms with Gasteiger partial charge in [0.15, 0.2) is 0 Å². The van der Waals surface area contributed by atoms with E-state index in [2.05, 4.69) is 0 Å². The molecule has 16 heavy (non-hydrogen) atoms. The van der Waals surface area contributed by atoms with Gasteiger partial charge in [-0.25, -0.2) is 0 Å². The summed E-state index contributed by atoms with van der Waals surface area (Å²) in [6.45, 7) is 4.08. The van der Waals surface area contributed by atoms with E-state index in [0.717, 1.165) is 25.0 Å². The lowest BCUT2D eigenvalue weighted by molar-refractivity contribution is -0.137. The van der Waals surface area contributed by atoms with E-state index >= 15 is 0 Å². The maximum absolute atomic E-state index is 12.5. The third kappa shape index (κ3) is 3.76. The Balaban J connectivity index is 2.82. The monoisotopic (exact) mass is 232 g/mol. The second-order valence-electron chi connectivity index (χ2n) is 3.73. The lowest BCUT2D eigenvalue weighted by Crippen LogP contribution is -2.06. The van der Waals surface area contributed by atoms with E-state index in [1.165, 1.54) is 0 Å². The van der Waals surface area contributed by atoms with Gasteiger partial charge in [0.2, 0.25) is 0 Å². The summed E-state index contributed by atoms with van der Waals surface area (Å²) in [5.74, 6) is 0.292. The summed E-state index contributed by atoms with van der Waals surface area (Å²) in [6, 6.07) is 3.78. The minimum Gasteiger partial charge on any atom is -0.494 e. The van der Waals surface area contributed by atoms with E-state index < -0.39 is 11.7 Å². The Morgan fingerprint density at radius 3 is 2.44 bits per heavy atom. The second kappa shape index (κ2) is 5.23.